The molecule has 0 heterocycles. The van der Waals surface area contributed by atoms with Crippen LogP contribution in [0.4, 0.5) is 0 Å². The average molecular weight is 503 g/mol. The molecule has 0 spiro atoms. The molecule has 0 amide bonds. The van der Waals surface area contributed by atoms with Crippen LogP contribution >= 0.6 is 23.2 Å². The molecule has 0 fully saturated rings. The van der Waals surface area contributed by atoms with Gasteiger partial charge in [-0.15, -0.1) is 23.2 Å². The first-order valence-corrected chi connectivity index (χ1v) is 14.0. The van der Waals surface area contributed by atoms with Gasteiger partial charge in [0.05, 0.1) is 10.8 Å². The summed E-state index contributed by atoms with van der Waals surface area (Å²) in [6.07, 6.45) is 0. The Morgan fingerprint density at radius 3 is 0.889 bits per heavy atom. The third-order valence-corrected chi connectivity index (χ3v) is 11.2. The molecule has 0 saturated heterocycles. The number of benzene rings is 4. The predicted molar refractivity (Wildman–Crippen MR) is 146 cm³/mol. The van der Waals surface area contributed by atoms with Gasteiger partial charge in [-0.1, -0.05) is 108 Å². The molecule has 0 aliphatic heterocycles. The van der Waals surface area contributed by atoms with Gasteiger partial charge < -0.3 is 0 Å². The monoisotopic (exact) mass is 502 g/mol. The van der Waals surface area contributed by atoms with Crippen LogP contribution in [0.3, 0.4) is 0 Å². The minimum atomic E-state index is -0.108. The van der Waals surface area contributed by atoms with Gasteiger partial charge in [-0.3, -0.25) is 0 Å². The number of hydrogen-bond acceptors (Lipinski definition) is 0. The van der Waals surface area contributed by atoms with E-state index in [1.54, 1.807) is 11.1 Å². The second-order valence-electron chi connectivity index (χ2n) is 11.2. The van der Waals surface area contributed by atoms with Crippen molar-refractivity contribution in [1.82, 2.24) is 0 Å². The van der Waals surface area contributed by atoms with Crippen molar-refractivity contribution in [3.63, 3.8) is 0 Å². The number of rotatable bonds is 0. The Kier molecular flexibility index (Phi) is 3.91. The Morgan fingerprint density at radius 2 is 0.611 bits per heavy atom. The van der Waals surface area contributed by atoms with Crippen molar-refractivity contribution in [3.05, 3.63) is 153 Å². The Balaban J connectivity index is 1.43. The predicted octanol–water partition coefficient (Wildman–Crippen LogP) is 8.33. The van der Waals surface area contributed by atoms with Gasteiger partial charge in [-0.05, 0) is 44.5 Å². The highest BCUT2D eigenvalue weighted by atomic mass is 35.5. The van der Waals surface area contributed by atoms with Gasteiger partial charge in [0.15, 0.2) is 0 Å². The summed E-state index contributed by atoms with van der Waals surface area (Å²) in [6.45, 7) is 0. The van der Waals surface area contributed by atoms with Crippen molar-refractivity contribution in [1.29, 1.82) is 0 Å². The van der Waals surface area contributed by atoms with Gasteiger partial charge in [0, 0.05) is 35.5 Å². The van der Waals surface area contributed by atoms with Crippen LogP contribution in [-0.2, 0) is 0 Å². The first-order valence-electron chi connectivity index (χ1n) is 13.1. The van der Waals surface area contributed by atoms with Crippen LogP contribution in [0, 0.1) is 11.8 Å². The molecule has 4 bridgehead atoms. The van der Waals surface area contributed by atoms with Crippen LogP contribution in [0.25, 0.3) is 0 Å². The minimum Gasteiger partial charge on any atom is -0.121 e. The average Bonchev–Trinajstić information content (AvgIpc) is 2.95. The van der Waals surface area contributed by atoms with Gasteiger partial charge in [0.25, 0.3) is 0 Å². The summed E-state index contributed by atoms with van der Waals surface area (Å²) in [5, 5.41) is -0.216. The van der Waals surface area contributed by atoms with E-state index in [9.17, 15) is 0 Å². The van der Waals surface area contributed by atoms with Crippen LogP contribution in [0.15, 0.2) is 108 Å². The molecule has 7 aliphatic carbocycles. The quantitative estimate of drug-likeness (QED) is 0.167. The van der Waals surface area contributed by atoms with Crippen LogP contribution in [0.2, 0.25) is 0 Å². The smallest absolute Gasteiger partial charge is 0.0580 e. The lowest BCUT2D eigenvalue weighted by Gasteiger charge is -2.59. The molecule has 7 aliphatic rings. The maximum absolute atomic E-state index is 7.51. The van der Waals surface area contributed by atoms with Crippen molar-refractivity contribution in [3.8, 4) is 0 Å². The van der Waals surface area contributed by atoms with Gasteiger partial charge in [-0.25, -0.2) is 0 Å². The fourth-order valence-corrected chi connectivity index (χ4v) is 9.79. The largest absolute Gasteiger partial charge is 0.121 e. The molecule has 174 valence electrons. The lowest BCUT2D eigenvalue weighted by atomic mass is 9.46. The molecule has 36 heavy (non-hydrogen) atoms. The molecule has 11 rings (SSSR count). The highest BCUT2D eigenvalue weighted by Gasteiger charge is 2.60. The topological polar surface area (TPSA) is 0 Å². The zero-order valence-electron chi connectivity index (χ0n) is 19.6. The summed E-state index contributed by atoms with van der Waals surface area (Å²) < 4.78 is 0. The summed E-state index contributed by atoms with van der Waals surface area (Å²) >= 11 is 15.0. The Hall–Kier alpha value is -2.80. The third-order valence-electron chi connectivity index (χ3n) is 9.95. The summed E-state index contributed by atoms with van der Waals surface area (Å²) in [5.41, 5.74) is 14.8. The zero-order chi connectivity index (χ0) is 23.7. The first kappa shape index (κ1) is 20.3. The Morgan fingerprint density at radius 1 is 0.361 bits per heavy atom. The molecule has 0 aromatic heterocycles. The van der Waals surface area contributed by atoms with E-state index < -0.39 is 0 Å². The molecule has 0 radical (unpaired) electrons. The van der Waals surface area contributed by atoms with E-state index in [0.29, 0.717) is 0 Å². The summed E-state index contributed by atoms with van der Waals surface area (Å²) in [7, 11) is 0. The summed E-state index contributed by atoms with van der Waals surface area (Å²) in [6, 6.07) is 36.4. The molecule has 0 N–H and O–H groups in total. The highest BCUT2D eigenvalue weighted by Crippen LogP contribution is 2.70. The van der Waals surface area contributed by atoms with Crippen molar-refractivity contribution >= 4 is 23.2 Å². The Labute approximate surface area is 221 Å². The normalized spacial score (nSPS) is 33.7. The van der Waals surface area contributed by atoms with E-state index in [1.165, 1.54) is 44.5 Å². The van der Waals surface area contributed by atoms with E-state index in [1.807, 2.05) is 0 Å². The zero-order valence-corrected chi connectivity index (χ0v) is 21.1. The Bertz CT molecular complexity index is 1410. The van der Waals surface area contributed by atoms with Crippen molar-refractivity contribution in [2.45, 2.75) is 34.4 Å². The second kappa shape index (κ2) is 6.94. The van der Waals surface area contributed by atoms with E-state index in [0.717, 1.165) is 0 Å². The van der Waals surface area contributed by atoms with Gasteiger partial charge >= 0.3 is 0 Å². The lowest BCUT2D eigenvalue weighted by molar-refractivity contribution is 0.315. The molecule has 4 unspecified atom stereocenters. The fraction of sp³-hybridized carbons (Fsp3) is 0.235. The van der Waals surface area contributed by atoms with Crippen molar-refractivity contribution in [2.24, 2.45) is 11.8 Å². The molecular formula is C34H24Cl2. The second-order valence-corrected chi connectivity index (χ2v) is 12.2. The van der Waals surface area contributed by atoms with Crippen LogP contribution in [-0.4, -0.2) is 10.8 Å². The van der Waals surface area contributed by atoms with Gasteiger partial charge in [0.1, 0.15) is 0 Å². The molecule has 4 atom stereocenters. The molecule has 2 heteroatoms. The number of hydrogen-bond donors (Lipinski definition) is 0. The molecule has 0 nitrogen and oxygen atoms in total. The molecule has 4 aromatic carbocycles. The SMILES string of the molecule is ClC1C(Cl)C2C(=C3C4c5ccccc5C(c5ccccc54)C31)C1c3ccccc3C2c2ccccc21. The maximum atomic E-state index is 7.51. The van der Waals surface area contributed by atoms with Crippen molar-refractivity contribution in [2.75, 3.05) is 0 Å². The summed E-state index contributed by atoms with van der Waals surface area (Å²) in [5.74, 6) is 1.51. The lowest BCUT2D eigenvalue weighted by Crippen LogP contribution is -2.52. The van der Waals surface area contributed by atoms with Crippen molar-refractivity contribution < 1.29 is 0 Å². The fourth-order valence-electron chi connectivity index (χ4n) is 8.91. The number of halogens is 2. The van der Waals surface area contributed by atoms with Crippen LogP contribution in [0.5, 0.6) is 0 Å². The molecule has 0 saturated carbocycles. The van der Waals surface area contributed by atoms with E-state index >= 15 is 0 Å². The van der Waals surface area contributed by atoms with Gasteiger partial charge in [0.2, 0.25) is 0 Å². The molecule has 4 aromatic rings. The first-order chi connectivity index (χ1) is 17.8. The number of allylic oxidation sites excluding steroid dienone is 2. The van der Waals surface area contributed by atoms with Gasteiger partial charge in [-0.2, -0.15) is 0 Å². The number of alkyl halides is 2. The summed E-state index contributed by atoms with van der Waals surface area (Å²) in [4.78, 5) is 0. The van der Waals surface area contributed by atoms with Crippen LogP contribution in [0.1, 0.15) is 68.2 Å². The van der Waals surface area contributed by atoms with Crippen LogP contribution < -0.4 is 0 Å². The third kappa shape index (κ3) is 2.22. The standard InChI is InChI=1S/C34H24Cl2/c35-33-31-27-21-13-5-1-9-17(21)25(18-10-2-6-14-22(18)27)29(31)30-26-19-11-3-7-15-23(19)28(32(30)34(33)36)24-16-8-4-12-20(24)26/h1-16,25-28,31-34H. The van der Waals surface area contributed by atoms with E-state index in [-0.39, 0.29) is 46.3 Å². The van der Waals surface area contributed by atoms with E-state index in [2.05, 4.69) is 97.1 Å². The highest BCUT2D eigenvalue weighted by molar-refractivity contribution is 6.31. The minimum absolute atomic E-state index is 0.108. The maximum Gasteiger partial charge on any atom is 0.0580 e. The molecular weight excluding hydrogens is 479 g/mol. The van der Waals surface area contributed by atoms with E-state index in [4.69, 9.17) is 23.2 Å².